The SMILES string of the molecule is [O-]C1=C(c2ccc(N(c3ccc(-c4cnccc4-c4ccccc4)cc3)c3ccc(-c4cnccc4-c4ccccc4)cc3)cc2O)[C@@H]([O-])C1c1ccc(N(c2ccc(-c3cnccc3C3=CCCC=C3)cc2)c2ccc(-c3cnccc3-c3ccccc3)cc2)cc1O. The van der Waals surface area contributed by atoms with Crippen LogP contribution in [0, 0.1) is 0 Å². The molecule has 4 heterocycles. The van der Waals surface area contributed by atoms with E-state index in [4.69, 9.17) is 0 Å². The van der Waals surface area contributed by atoms with Crippen molar-refractivity contribution >= 4 is 45.3 Å². The van der Waals surface area contributed by atoms with Crippen LogP contribution in [0.3, 0.4) is 0 Å². The molecule has 10 nitrogen and oxygen atoms in total. The Labute approximate surface area is 545 Å². The largest absolute Gasteiger partial charge is 0.875 e. The number of aromatic hydroxyl groups is 2. The molecule has 9 aromatic carbocycles. The summed E-state index contributed by atoms with van der Waals surface area (Å²) in [6.45, 7) is 0. The number of pyridine rings is 4. The normalized spacial score (nSPS) is 14.2. The minimum Gasteiger partial charge on any atom is -0.875 e. The highest BCUT2D eigenvalue weighted by Crippen LogP contribution is 2.51. The van der Waals surface area contributed by atoms with Gasteiger partial charge in [0, 0.05) is 124 Å². The maximum atomic E-state index is 14.6. The van der Waals surface area contributed by atoms with Crippen molar-refractivity contribution in [3.05, 3.63) is 339 Å². The lowest BCUT2D eigenvalue weighted by molar-refractivity contribution is -0.429. The van der Waals surface area contributed by atoms with Crippen molar-refractivity contribution in [1.29, 1.82) is 0 Å². The van der Waals surface area contributed by atoms with E-state index in [0.717, 1.165) is 125 Å². The van der Waals surface area contributed by atoms with Crippen LogP contribution >= 0.6 is 0 Å². The van der Waals surface area contributed by atoms with Crippen LogP contribution < -0.4 is 20.0 Å². The Bertz CT molecular complexity index is 4870. The molecule has 4 aromatic heterocycles. The van der Waals surface area contributed by atoms with Gasteiger partial charge in [0.1, 0.15) is 11.5 Å². The summed E-state index contributed by atoms with van der Waals surface area (Å²) in [6, 6.07) is 81.9. The molecule has 1 unspecified atom stereocenters. The quantitative estimate of drug-likeness (QED) is 0.0959. The van der Waals surface area contributed by atoms with Gasteiger partial charge in [0.15, 0.2) is 0 Å². The minimum atomic E-state index is -1.58. The molecular formula is C84H60N6O4-2. The highest BCUT2D eigenvalue weighted by Gasteiger charge is 2.33. The third kappa shape index (κ3) is 11.2. The highest BCUT2D eigenvalue weighted by atomic mass is 16.3. The fraction of sp³-hybridized carbons (Fsp3) is 0.0476. The van der Waals surface area contributed by atoms with E-state index in [1.54, 1.807) is 42.9 Å². The topological polar surface area (TPSA) is 145 Å². The molecule has 0 bridgehead atoms. The zero-order chi connectivity index (χ0) is 63.5. The van der Waals surface area contributed by atoms with Gasteiger partial charge in [-0.05, 0) is 182 Å². The number of hydrogen-bond donors (Lipinski definition) is 2. The van der Waals surface area contributed by atoms with Crippen LogP contribution in [0.2, 0.25) is 0 Å². The number of benzene rings is 9. The van der Waals surface area contributed by atoms with Crippen molar-refractivity contribution in [2.75, 3.05) is 9.80 Å². The number of nitrogens with zero attached hydrogens (tertiary/aromatic N) is 6. The van der Waals surface area contributed by atoms with Crippen LogP contribution in [0.25, 0.3) is 89.0 Å². The first-order chi connectivity index (χ1) is 46.3. The molecule has 0 saturated carbocycles. The van der Waals surface area contributed by atoms with Gasteiger partial charge < -0.3 is 30.2 Å². The number of rotatable bonds is 16. The van der Waals surface area contributed by atoms with Crippen LogP contribution in [0.1, 0.15) is 35.4 Å². The maximum absolute atomic E-state index is 14.6. The van der Waals surface area contributed by atoms with Gasteiger partial charge in [-0.15, -0.1) is 5.76 Å². The zero-order valence-electron chi connectivity index (χ0n) is 51.0. The lowest BCUT2D eigenvalue weighted by Gasteiger charge is -2.51. The number of allylic oxidation sites excluding steroid dienone is 4. The zero-order valence-corrected chi connectivity index (χ0v) is 51.0. The number of aromatic nitrogens is 4. The molecule has 0 amide bonds. The van der Waals surface area contributed by atoms with Crippen LogP contribution in [0.15, 0.2) is 322 Å². The smallest absolute Gasteiger partial charge is 0.125 e. The number of phenols is 2. The van der Waals surface area contributed by atoms with Crippen LogP contribution in [-0.4, -0.2) is 36.3 Å². The summed E-state index contributed by atoms with van der Waals surface area (Å²) in [5, 5.41) is 53.4. The summed E-state index contributed by atoms with van der Waals surface area (Å²) < 4.78 is 0. The first-order valence-electron chi connectivity index (χ1n) is 31.4. The van der Waals surface area contributed by atoms with Gasteiger partial charge in [0.2, 0.25) is 0 Å². The van der Waals surface area contributed by atoms with E-state index in [1.165, 1.54) is 0 Å². The van der Waals surface area contributed by atoms with Crippen molar-refractivity contribution in [2.24, 2.45) is 0 Å². The Hall–Kier alpha value is -12.2. The molecule has 0 spiro atoms. The molecule has 10 heteroatoms. The molecule has 452 valence electrons. The fourth-order valence-corrected chi connectivity index (χ4v) is 13.2. The van der Waals surface area contributed by atoms with E-state index in [1.807, 2.05) is 174 Å². The minimum absolute atomic E-state index is 0.0485. The Balaban J connectivity index is 0.754. The fourth-order valence-electron chi connectivity index (χ4n) is 13.2. The van der Waals surface area contributed by atoms with E-state index in [0.29, 0.717) is 11.4 Å². The van der Waals surface area contributed by atoms with Gasteiger partial charge in [0.25, 0.3) is 0 Å². The summed E-state index contributed by atoms with van der Waals surface area (Å²) >= 11 is 0. The summed E-state index contributed by atoms with van der Waals surface area (Å²) in [7, 11) is 0. The average Bonchev–Trinajstić information content (AvgIpc) is 0.742. The standard InChI is InChI=1S/C84H61N6O4/c91-79-49-67(89(63-29-21-59(22-30-63)75-51-85-45-41-69(75)55-13-5-1-6-14-55)64-31-23-60(24-32-64)76-52-86-46-42-70(76)56-15-7-2-8-16-56)37-39-73(79)81-83(93)82(84(81)94)74-40-38-68(50-80(74)92)90(65-33-25-61(26-34-65)77-53-87-47-43-71(77)57-17-9-3-10-18-57)66-35-27-62(28-36-66)78-54-88-48-44-72(78)58-19-11-4-12-20-58/h1-3,5-11,13-54,82-83,91-92,94H,4,12H2/q-1/p-1/t82?,83-/m1/s1. The first-order valence-corrected chi connectivity index (χ1v) is 31.4. The molecule has 2 aliphatic carbocycles. The monoisotopic (exact) mass is 1220 g/mol. The molecule has 2 aliphatic rings. The number of phenolic OH excluding ortho intramolecular Hbond substituents is 2. The van der Waals surface area contributed by atoms with Crippen LogP contribution in [0.4, 0.5) is 34.1 Å². The summed E-state index contributed by atoms with van der Waals surface area (Å²) in [5.74, 6) is -2.09. The molecule has 2 N–H and O–H groups in total. The van der Waals surface area contributed by atoms with E-state index >= 15 is 0 Å². The molecule has 13 aromatic rings. The Kier molecular flexibility index (Phi) is 15.8. The second-order valence-electron chi connectivity index (χ2n) is 23.4. The van der Waals surface area contributed by atoms with Gasteiger partial charge >= 0.3 is 0 Å². The van der Waals surface area contributed by atoms with Crippen molar-refractivity contribution < 1.29 is 20.4 Å². The molecule has 0 radical (unpaired) electrons. The summed E-state index contributed by atoms with van der Waals surface area (Å²) in [5.41, 5.74) is 21.3. The summed E-state index contributed by atoms with van der Waals surface area (Å²) in [6.07, 6.45) is 21.8. The van der Waals surface area contributed by atoms with Crippen molar-refractivity contribution in [2.45, 2.75) is 24.9 Å². The number of hydrogen-bond acceptors (Lipinski definition) is 10. The Morgan fingerprint density at radius 3 is 1.05 bits per heavy atom. The van der Waals surface area contributed by atoms with Crippen LogP contribution in [-0.2, 0) is 0 Å². The lowest BCUT2D eigenvalue weighted by atomic mass is 9.73. The first kappa shape index (κ1) is 58.2. The Morgan fingerprint density at radius 1 is 0.340 bits per heavy atom. The van der Waals surface area contributed by atoms with Gasteiger partial charge in [-0.25, -0.2) is 0 Å². The second-order valence-corrected chi connectivity index (χ2v) is 23.4. The van der Waals surface area contributed by atoms with Gasteiger partial charge in [0.05, 0.1) is 0 Å². The predicted molar refractivity (Wildman–Crippen MR) is 375 cm³/mol. The maximum Gasteiger partial charge on any atom is 0.125 e. The van der Waals surface area contributed by atoms with Crippen molar-refractivity contribution in [1.82, 2.24) is 19.9 Å². The average molecular weight is 1220 g/mol. The van der Waals surface area contributed by atoms with Gasteiger partial charge in [-0.1, -0.05) is 175 Å². The van der Waals surface area contributed by atoms with E-state index in [2.05, 4.69) is 129 Å². The molecule has 15 rings (SSSR count). The van der Waals surface area contributed by atoms with E-state index in [-0.39, 0.29) is 28.2 Å². The van der Waals surface area contributed by atoms with Gasteiger partial charge in [-0.3, -0.25) is 19.9 Å². The van der Waals surface area contributed by atoms with Crippen molar-refractivity contribution in [3.63, 3.8) is 0 Å². The number of anilines is 6. The van der Waals surface area contributed by atoms with E-state index < -0.39 is 17.8 Å². The van der Waals surface area contributed by atoms with E-state index in [9.17, 15) is 20.4 Å². The molecule has 0 aliphatic heterocycles. The lowest BCUT2D eigenvalue weighted by Crippen LogP contribution is -2.47. The highest BCUT2D eigenvalue weighted by molar-refractivity contribution is 5.92. The molecule has 0 fully saturated rings. The second kappa shape index (κ2) is 25.6. The Morgan fingerprint density at radius 2 is 0.691 bits per heavy atom. The summed E-state index contributed by atoms with van der Waals surface area (Å²) in [4.78, 5) is 22.1. The van der Waals surface area contributed by atoms with Gasteiger partial charge in [-0.2, -0.15) is 0 Å². The predicted octanol–water partition coefficient (Wildman–Crippen LogP) is 18.6. The third-order valence-electron chi connectivity index (χ3n) is 17.9. The molecular weight excluding hydrogens is 1160 g/mol. The third-order valence-corrected chi connectivity index (χ3v) is 17.9. The molecule has 0 saturated heterocycles. The molecule has 94 heavy (non-hydrogen) atoms. The van der Waals surface area contributed by atoms with Crippen molar-refractivity contribution in [3.8, 4) is 89.4 Å². The molecule has 2 atom stereocenters. The van der Waals surface area contributed by atoms with Crippen LogP contribution in [0.5, 0.6) is 11.5 Å².